The van der Waals surface area contributed by atoms with Gasteiger partial charge in [0.1, 0.15) is 0 Å². The van der Waals surface area contributed by atoms with Gasteiger partial charge >= 0.3 is 0 Å². The zero-order valence-corrected chi connectivity index (χ0v) is 38.9. The van der Waals surface area contributed by atoms with Crippen LogP contribution in [-0.2, 0) is 0 Å². The number of nitrogens with zero attached hydrogens (tertiary/aromatic N) is 4. The molecule has 0 N–H and O–H groups in total. The highest BCUT2D eigenvalue weighted by Crippen LogP contribution is 2.43. The van der Waals surface area contributed by atoms with E-state index in [1.165, 1.54) is 54.9 Å². The molecule has 3 aromatic heterocycles. The number of fused-ring (bicyclic) bond motifs is 6. The molecule has 0 saturated carbocycles. The third-order valence-electron chi connectivity index (χ3n) is 13.9. The fourth-order valence-corrected chi connectivity index (χ4v) is 10.4. The van der Waals surface area contributed by atoms with Crippen molar-refractivity contribution in [2.75, 3.05) is 0 Å². The van der Waals surface area contributed by atoms with Crippen LogP contribution in [0.25, 0.3) is 122 Å². The van der Waals surface area contributed by atoms with Gasteiger partial charge in [-0.2, -0.15) is 0 Å². The van der Waals surface area contributed by atoms with Crippen LogP contribution >= 0.6 is 0 Å². The van der Waals surface area contributed by atoms with Crippen LogP contribution in [0, 0.1) is 13.8 Å². The highest BCUT2D eigenvalue weighted by Gasteiger charge is 2.22. The Hall–Kier alpha value is -9.12. The lowest BCUT2D eigenvalue weighted by Gasteiger charge is -2.20. The van der Waals surface area contributed by atoms with E-state index in [1.807, 2.05) is 24.3 Å². The van der Waals surface area contributed by atoms with Crippen molar-refractivity contribution in [1.82, 2.24) is 19.1 Å². The van der Waals surface area contributed by atoms with Crippen molar-refractivity contribution in [3.63, 3.8) is 0 Å². The Kier molecular flexibility index (Phi) is 9.91. The molecular formula is C66H46N4. The average Bonchev–Trinajstić information content (AvgIpc) is 3.93. The van der Waals surface area contributed by atoms with Gasteiger partial charge in [0.2, 0.25) is 0 Å². The Labute approximate surface area is 407 Å². The van der Waals surface area contributed by atoms with Crippen LogP contribution in [0.4, 0.5) is 0 Å². The van der Waals surface area contributed by atoms with E-state index in [0.717, 1.165) is 72.6 Å². The van der Waals surface area contributed by atoms with E-state index in [1.54, 1.807) is 0 Å². The van der Waals surface area contributed by atoms with Gasteiger partial charge in [0.25, 0.3) is 0 Å². The summed E-state index contributed by atoms with van der Waals surface area (Å²) in [6.45, 7) is 4.28. The summed E-state index contributed by atoms with van der Waals surface area (Å²) in [4.78, 5) is 10.5. The predicted molar refractivity (Wildman–Crippen MR) is 293 cm³/mol. The molecule has 0 radical (unpaired) electrons. The number of rotatable bonds is 8. The minimum Gasteiger partial charge on any atom is -0.309 e. The topological polar surface area (TPSA) is 35.6 Å². The van der Waals surface area contributed by atoms with Gasteiger partial charge in [0, 0.05) is 49.4 Å². The van der Waals surface area contributed by atoms with Gasteiger partial charge in [-0.05, 0) is 90.7 Å². The molecule has 0 bridgehead atoms. The lowest BCUT2D eigenvalue weighted by molar-refractivity contribution is 1.15. The van der Waals surface area contributed by atoms with Crippen molar-refractivity contribution >= 4 is 43.6 Å². The zero-order valence-electron chi connectivity index (χ0n) is 38.9. The van der Waals surface area contributed by atoms with Crippen molar-refractivity contribution in [1.29, 1.82) is 0 Å². The lowest BCUT2D eigenvalue weighted by atomic mass is 9.97. The fourth-order valence-electron chi connectivity index (χ4n) is 10.4. The minimum absolute atomic E-state index is 0.685. The Bertz CT molecular complexity index is 4050. The smallest absolute Gasteiger partial charge is 0.160 e. The van der Waals surface area contributed by atoms with Gasteiger partial charge < -0.3 is 9.13 Å². The normalized spacial score (nSPS) is 11.6. The highest BCUT2D eigenvalue weighted by molar-refractivity contribution is 6.13. The maximum absolute atomic E-state index is 5.34. The molecule has 10 aromatic carbocycles. The van der Waals surface area contributed by atoms with Crippen molar-refractivity contribution in [3.8, 4) is 78.7 Å². The molecule has 0 aliphatic carbocycles. The summed E-state index contributed by atoms with van der Waals surface area (Å²) in [5.74, 6) is 0.685. The monoisotopic (exact) mass is 894 g/mol. The van der Waals surface area contributed by atoms with Gasteiger partial charge in [-0.1, -0.05) is 199 Å². The number of aryl methyl sites for hydroxylation is 2. The number of para-hydroxylation sites is 3. The molecule has 0 aliphatic rings. The number of aromatic nitrogens is 4. The first-order chi connectivity index (χ1) is 34.5. The largest absolute Gasteiger partial charge is 0.309 e. The Morgan fingerprint density at radius 3 is 1.29 bits per heavy atom. The zero-order chi connectivity index (χ0) is 46.7. The van der Waals surface area contributed by atoms with Crippen molar-refractivity contribution < 1.29 is 0 Å². The molecule has 0 saturated heterocycles. The van der Waals surface area contributed by atoms with Crippen LogP contribution in [0.15, 0.2) is 243 Å². The summed E-state index contributed by atoms with van der Waals surface area (Å²) in [6, 6.07) is 87.8. The van der Waals surface area contributed by atoms with Gasteiger partial charge in [-0.25, -0.2) is 9.97 Å². The Balaban J connectivity index is 1.08. The molecule has 0 fully saturated rings. The van der Waals surface area contributed by atoms with E-state index in [9.17, 15) is 0 Å². The Morgan fingerprint density at radius 1 is 0.271 bits per heavy atom. The number of hydrogen-bond donors (Lipinski definition) is 0. The van der Waals surface area contributed by atoms with Crippen LogP contribution < -0.4 is 0 Å². The van der Waals surface area contributed by atoms with E-state index in [4.69, 9.17) is 9.97 Å². The summed E-state index contributed by atoms with van der Waals surface area (Å²) in [7, 11) is 0. The van der Waals surface area contributed by atoms with E-state index in [0.29, 0.717) is 5.82 Å². The van der Waals surface area contributed by atoms with Gasteiger partial charge in [-0.3, -0.25) is 0 Å². The van der Waals surface area contributed by atoms with Crippen molar-refractivity contribution in [3.05, 3.63) is 254 Å². The second-order valence-electron chi connectivity index (χ2n) is 18.3. The first kappa shape index (κ1) is 41.1. The molecule has 0 spiro atoms. The van der Waals surface area contributed by atoms with Crippen LogP contribution in [-0.4, -0.2) is 19.1 Å². The number of hydrogen-bond acceptors (Lipinski definition) is 2. The van der Waals surface area contributed by atoms with Crippen LogP contribution in [0.5, 0.6) is 0 Å². The summed E-state index contributed by atoms with van der Waals surface area (Å²) in [5.41, 5.74) is 21.0. The minimum atomic E-state index is 0.685. The second kappa shape index (κ2) is 16.9. The SMILES string of the molecule is Cc1ccc(-c2ccc3c(c2)c2ccccc2n3-c2ccccc2-c2ccc(-c3cc(-c4ccccc4)nc(-c4ccccc4)n3)cc2-n2c3ccccc3c3cc(-c4ccc(C)cc4)ccc32)cc1. The summed E-state index contributed by atoms with van der Waals surface area (Å²) in [5, 5.41) is 4.83. The van der Waals surface area contributed by atoms with E-state index in [2.05, 4.69) is 241 Å². The number of benzene rings is 10. The van der Waals surface area contributed by atoms with Crippen molar-refractivity contribution in [2.24, 2.45) is 0 Å². The molecular weight excluding hydrogens is 849 g/mol. The molecule has 13 aromatic rings. The maximum atomic E-state index is 5.34. The summed E-state index contributed by atoms with van der Waals surface area (Å²) >= 11 is 0. The third kappa shape index (κ3) is 7.08. The standard InChI is InChI=1S/C66H46N4/c1-43-25-29-45(30-26-43)49-34-37-63-56(39-49)53-20-10-13-23-61(53)69(63)60-22-12-9-19-52(60)55-36-33-51(59-42-58(47-15-5-3-6-16-47)67-66(68-59)48-17-7-4-8-18-48)41-65(55)70-62-24-14-11-21-54(62)57-40-50(35-38-64(57)70)46-31-27-44(2)28-32-46/h3-42H,1-2H3. The Morgan fingerprint density at radius 2 is 0.700 bits per heavy atom. The molecule has 3 heterocycles. The second-order valence-corrected chi connectivity index (χ2v) is 18.3. The molecule has 0 atom stereocenters. The molecule has 330 valence electrons. The van der Waals surface area contributed by atoms with Gasteiger partial charge in [0.15, 0.2) is 5.82 Å². The van der Waals surface area contributed by atoms with Gasteiger partial charge in [-0.15, -0.1) is 0 Å². The highest BCUT2D eigenvalue weighted by atomic mass is 15.0. The average molecular weight is 895 g/mol. The molecule has 70 heavy (non-hydrogen) atoms. The third-order valence-corrected chi connectivity index (χ3v) is 13.9. The first-order valence-corrected chi connectivity index (χ1v) is 24.0. The molecule has 13 rings (SSSR count). The summed E-state index contributed by atoms with van der Waals surface area (Å²) in [6.07, 6.45) is 0. The molecule has 4 nitrogen and oxygen atoms in total. The van der Waals surface area contributed by atoms with Crippen LogP contribution in [0.2, 0.25) is 0 Å². The van der Waals surface area contributed by atoms with Crippen molar-refractivity contribution in [2.45, 2.75) is 13.8 Å². The van der Waals surface area contributed by atoms with Gasteiger partial charge in [0.05, 0.1) is 44.8 Å². The van der Waals surface area contributed by atoms with E-state index < -0.39 is 0 Å². The first-order valence-electron chi connectivity index (χ1n) is 24.0. The predicted octanol–water partition coefficient (Wildman–Crippen LogP) is 17.3. The molecule has 0 unspecified atom stereocenters. The van der Waals surface area contributed by atoms with Crippen LogP contribution in [0.1, 0.15) is 11.1 Å². The van der Waals surface area contributed by atoms with Crippen LogP contribution in [0.3, 0.4) is 0 Å². The molecule has 0 aliphatic heterocycles. The molecule has 0 amide bonds. The van der Waals surface area contributed by atoms with E-state index in [-0.39, 0.29) is 0 Å². The fraction of sp³-hybridized carbons (Fsp3) is 0.0303. The van der Waals surface area contributed by atoms with E-state index >= 15 is 0 Å². The lowest BCUT2D eigenvalue weighted by Crippen LogP contribution is -2.02. The maximum Gasteiger partial charge on any atom is 0.160 e. The summed E-state index contributed by atoms with van der Waals surface area (Å²) < 4.78 is 4.93. The quantitative estimate of drug-likeness (QED) is 0.152. The molecule has 4 heteroatoms.